The topological polar surface area (TPSA) is 50.2 Å². The highest BCUT2D eigenvalue weighted by Gasteiger charge is 2.27. The zero-order valence-corrected chi connectivity index (χ0v) is 12.2. The van der Waals surface area contributed by atoms with Crippen LogP contribution in [0.4, 0.5) is 0 Å². The Morgan fingerprint density at radius 3 is 1.33 bits per heavy atom. The van der Waals surface area contributed by atoms with E-state index in [0.717, 1.165) is 0 Å². The van der Waals surface area contributed by atoms with Crippen molar-refractivity contribution >= 4 is 10.9 Å². The molecule has 0 aliphatic rings. The molecule has 0 bridgehead atoms. The monoisotopic (exact) mass is 296 g/mol. The van der Waals surface area contributed by atoms with Gasteiger partial charge in [0.2, 0.25) is 0 Å². The Hall–Kier alpha value is -2.23. The summed E-state index contributed by atoms with van der Waals surface area (Å²) in [5, 5.41) is 9.48. The first-order valence-corrected chi connectivity index (χ1v) is 7.70. The van der Waals surface area contributed by atoms with Gasteiger partial charge in [0, 0.05) is 0 Å². The molecule has 2 N–H and O–H groups in total. The van der Waals surface area contributed by atoms with Crippen LogP contribution in [0.5, 0.6) is 5.75 Å². The molecule has 0 unspecified atom stereocenters. The number of hydrogen-bond acceptors (Lipinski definition) is 2. The number of rotatable bonds is 3. The maximum absolute atomic E-state index is 9.48. The molecule has 0 aromatic heterocycles. The zero-order valence-electron chi connectivity index (χ0n) is 11.4. The first-order chi connectivity index (χ1) is 9.84. The third kappa shape index (κ3) is 3.45. The molecule has 0 aliphatic carbocycles. The standard InChI is InChI=1S/C18H14OS.H2O/c19-15-11-13-18(14-12-15)20(16-7-3-1-4-8-16)17-9-5-2-6-10-17;/h1-14H;1H2. The van der Waals surface area contributed by atoms with Crippen molar-refractivity contribution in [3.05, 3.63) is 84.9 Å². The first kappa shape index (κ1) is 15.2. The molecule has 0 radical (unpaired) electrons. The summed E-state index contributed by atoms with van der Waals surface area (Å²) in [5.41, 5.74) is 0. The maximum Gasteiger partial charge on any atom is 0.166 e. The van der Waals surface area contributed by atoms with Crippen LogP contribution in [0.2, 0.25) is 0 Å². The fourth-order valence-corrected chi connectivity index (χ4v) is 4.19. The summed E-state index contributed by atoms with van der Waals surface area (Å²) >= 11 is 0. The van der Waals surface area contributed by atoms with E-state index in [4.69, 9.17) is 0 Å². The van der Waals surface area contributed by atoms with Crippen molar-refractivity contribution in [2.75, 3.05) is 0 Å². The van der Waals surface area contributed by atoms with Crippen LogP contribution >= 0.6 is 0 Å². The van der Waals surface area contributed by atoms with Gasteiger partial charge in [-0.25, -0.2) is 0 Å². The average Bonchev–Trinajstić information content (AvgIpc) is 2.52. The van der Waals surface area contributed by atoms with E-state index in [1.807, 2.05) is 24.3 Å². The van der Waals surface area contributed by atoms with Gasteiger partial charge in [0.1, 0.15) is 5.75 Å². The van der Waals surface area contributed by atoms with E-state index >= 15 is 0 Å². The number of benzene rings is 3. The third-order valence-electron chi connectivity index (χ3n) is 3.03. The smallest absolute Gasteiger partial charge is 0.166 e. The first-order valence-electron chi connectivity index (χ1n) is 6.48. The summed E-state index contributed by atoms with van der Waals surface area (Å²) in [5.74, 6) is 0.304. The summed E-state index contributed by atoms with van der Waals surface area (Å²) in [6.07, 6.45) is 0. The van der Waals surface area contributed by atoms with Gasteiger partial charge >= 0.3 is 0 Å². The highest BCUT2D eigenvalue weighted by atomic mass is 32.2. The third-order valence-corrected chi connectivity index (χ3v) is 5.26. The summed E-state index contributed by atoms with van der Waals surface area (Å²) in [4.78, 5) is 3.77. The largest absolute Gasteiger partial charge is 0.870 e. The molecule has 3 heteroatoms. The lowest BCUT2D eigenvalue weighted by Gasteiger charge is -2.07. The molecular formula is C18H16O2S. The quantitative estimate of drug-likeness (QED) is 0.732. The van der Waals surface area contributed by atoms with Crippen molar-refractivity contribution in [3.63, 3.8) is 0 Å². The molecule has 3 rings (SSSR count). The van der Waals surface area contributed by atoms with Gasteiger partial charge < -0.3 is 10.6 Å². The lowest BCUT2D eigenvalue weighted by Crippen LogP contribution is -2.04. The summed E-state index contributed by atoms with van der Waals surface area (Å²) < 4.78 is 0. The Balaban J connectivity index is 0.00000161. The van der Waals surface area contributed by atoms with Crippen LogP contribution in [-0.4, -0.2) is 10.6 Å². The molecule has 0 saturated carbocycles. The molecule has 0 amide bonds. The predicted octanol–water partition coefficient (Wildman–Crippen LogP) is 4.31. The van der Waals surface area contributed by atoms with Crippen LogP contribution in [-0.2, 0) is 10.9 Å². The molecule has 21 heavy (non-hydrogen) atoms. The molecule has 0 aliphatic heterocycles. The fraction of sp³-hybridized carbons (Fsp3) is 0. The molecule has 3 aromatic rings. The second-order valence-electron chi connectivity index (χ2n) is 4.43. The Morgan fingerprint density at radius 2 is 0.905 bits per heavy atom. The lowest BCUT2D eigenvalue weighted by atomic mass is 10.3. The van der Waals surface area contributed by atoms with Crippen LogP contribution in [0.15, 0.2) is 99.6 Å². The highest BCUT2D eigenvalue weighted by Crippen LogP contribution is 2.31. The van der Waals surface area contributed by atoms with E-state index in [-0.39, 0.29) is 16.4 Å². The minimum atomic E-state index is -0.134. The summed E-state index contributed by atoms with van der Waals surface area (Å²) in [6, 6.07) is 28.5. The van der Waals surface area contributed by atoms with Crippen LogP contribution < -0.4 is 0 Å². The van der Waals surface area contributed by atoms with E-state index in [2.05, 4.69) is 48.5 Å². The summed E-state index contributed by atoms with van der Waals surface area (Å²) in [7, 11) is -0.134. The summed E-state index contributed by atoms with van der Waals surface area (Å²) in [6.45, 7) is 0. The molecule has 0 heterocycles. The van der Waals surface area contributed by atoms with Gasteiger partial charge in [0.15, 0.2) is 14.7 Å². The van der Waals surface area contributed by atoms with Gasteiger partial charge in [0.25, 0.3) is 0 Å². The van der Waals surface area contributed by atoms with Crippen molar-refractivity contribution in [1.82, 2.24) is 0 Å². The normalized spacial score (nSPS) is 10.1. The molecule has 2 nitrogen and oxygen atoms in total. The van der Waals surface area contributed by atoms with Crippen molar-refractivity contribution < 1.29 is 10.6 Å². The minimum Gasteiger partial charge on any atom is -0.870 e. The van der Waals surface area contributed by atoms with Crippen molar-refractivity contribution in [2.45, 2.75) is 14.7 Å². The predicted molar refractivity (Wildman–Crippen MR) is 85.1 cm³/mol. The second kappa shape index (κ2) is 6.97. The molecule has 106 valence electrons. The van der Waals surface area contributed by atoms with Crippen molar-refractivity contribution in [3.8, 4) is 5.75 Å². The number of hydrogen-bond donors (Lipinski definition) is 1. The van der Waals surface area contributed by atoms with E-state index < -0.39 is 0 Å². The van der Waals surface area contributed by atoms with Crippen LogP contribution in [0.25, 0.3) is 0 Å². The molecule has 0 fully saturated rings. The molecule has 0 spiro atoms. The lowest BCUT2D eigenvalue weighted by molar-refractivity contribution is 0.475. The van der Waals surface area contributed by atoms with Gasteiger partial charge in [-0.05, 0) is 48.5 Å². The highest BCUT2D eigenvalue weighted by molar-refractivity contribution is 7.97. The van der Waals surface area contributed by atoms with Gasteiger partial charge in [0.05, 0.1) is 10.9 Å². The van der Waals surface area contributed by atoms with E-state index in [0.29, 0.717) is 5.75 Å². The maximum atomic E-state index is 9.48. The zero-order chi connectivity index (χ0) is 13.8. The Morgan fingerprint density at radius 1 is 0.524 bits per heavy atom. The molecule has 0 saturated heterocycles. The van der Waals surface area contributed by atoms with Crippen molar-refractivity contribution in [2.24, 2.45) is 0 Å². The molecule has 0 atom stereocenters. The van der Waals surface area contributed by atoms with E-state index in [1.165, 1.54) is 14.7 Å². The fourth-order valence-electron chi connectivity index (χ4n) is 2.10. The van der Waals surface area contributed by atoms with E-state index in [1.54, 1.807) is 12.1 Å². The van der Waals surface area contributed by atoms with Gasteiger partial charge in [-0.15, -0.1) is 0 Å². The Kier molecular flexibility index (Phi) is 5.04. The van der Waals surface area contributed by atoms with Gasteiger partial charge in [-0.3, -0.25) is 0 Å². The minimum absolute atomic E-state index is 0. The van der Waals surface area contributed by atoms with Crippen LogP contribution in [0.3, 0.4) is 0 Å². The number of aromatic hydroxyl groups is 1. The molecular weight excluding hydrogens is 280 g/mol. The van der Waals surface area contributed by atoms with Crippen molar-refractivity contribution in [1.29, 1.82) is 0 Å². The Labute approximate surface area is 127 Å². The van der Waals surface area contributed by atoms with Crippen LogP contribution in [0, 0.1) is 0 Å². The molecule has 3 aromatic carbocycles. The van der Waals surface area contributed by atoms with Crippen LogP contribution in [0.1, 0.15) is 0 Å². The Bertz CT molecular complexity index is 627. The van der Waals surface area contributed by atoms with E-state index in [9.17, 15) is 5.11 Å². The average molecular weight is 296 g/mol. The number of phenolic OH excluding ortho intramolecular Hbond substituents is 1. The second-order valence-corrected chi connectivity index (χ2v) is 6.45. The SMILES string of the molecule is Oc1ccc([S+](c2ccccc2)c2ccccc2)cc1.[OH-]. The van der Waals surface area contributed by atoms with Gasteiger partial charge in [-0.2, -0.15) is 0 Å². The van der Waals surface area contributed by atoms with Gasteiger partial charge in [-0.1, -0.05) is 36.4 Å². The number of phenols is 1.